The molecule has 1 amide bonds. The van der Waals surface area contributed by atoms with E-state index in [0.717, 1.165) is 33.2 Å². The zero-order valence-electron chi connectivity index (χ0n) is 16.1. The summed E-state index contributed by atoms with van der Waals surface area (Å²) in [7, 11) is 0. The van der Waals surface area contributed by atoms with Crippen LogP contribution in [0.25, 0.3) is 21.9 Å². The molecule has 1 N–H and O–H groups in total. The van der Waals surface area contributed by atoms with E-state index in [2.05, 4.69) is 10.3 Å². The Kier molecular flexibility index (Phi) is 4.86. The van der Waals surface area contributed by atoms with Gasteiger partial charge >= 0.3 is 0 Å². The minimum atomic E-state index is -0.0628. The van der Waals surface area contributed by atoms with Gasteiger partial charge in [0.2, 0.25) is 5.91 Å². The van der Waals surface area contributed by atoms with Gasteiger partial charge in [-0.25, -0.2) is 9.67 Å². The van der Waals surface area contributed by atoms with Crippen LogP contribution in [0.15, 0.2) is 84.6 Å². The highest BCUT2D eigenvalue weighted by Gasteiger charge is 2.14. The lowest BCUT2D eigenvalue weighted by molar-refractivity contribution is -0.120. The first kappa shape index (κ1) is 18.3. The molecule has 148 valence electrons. The van der Waals surface area contributed by atoms with E-state index < -0.39 is 0 Å². The van der Waals surface area contributed by atoms with E-state index >= 15 is 0 Å². The van der Waals surface area contributed by atoms with E-state index in [1.165, 1.54) is 0 Å². The maximum atomic E-state index is 12.5. The summed E-state index contributed by atoms with van der Waals surface area (Å²) in [5.74, 6) is -0.0628. The van der Waals surface area contributed by atoms with Crippen molar-refractivity contribution in [2.75, 3.05) is 0 Å². The standard InChI is InChI=1S/C23H19N5OS/c29-21(13-19-16-27-11-12-30-23(27)25-19)24-14-18-15-28(20-9-5-2-6-10-20)26-22(18)17-7-3-1-4-8-17/h1-12,15-16H,13-14H2,(H,24,29). The number of aromatic nitrogens is 4. The molecule has 7 heteroatoms. The van der Waals surface area contributed by atoms with Crippen LogP contribution in [0, 0.1) is 0 Å². The lowest BCUT2D eigenvalue weighted by Gasteiger charge is -2.05. The first-order chi connectivity index (χ1) is 14.8. The van der Waals surface area contributed by atoms with Gasteiger partial charge in [0.25, 0.3) is 0 Å². The SMILES string of the molecule is O=C(Cc1cn2ccsc2n1)NCc1cn(-c2ccccc2)nc1-c1ccccc1. The predicted molar refractivity (Wildman–Crippen MR) is 118 cm³/mol. The van der Waals surface area contributed by atoms with Gasteiger partial charge in [-0.2, -0.15) is 5.10 Å². The van der Waals surface area contributed by atoms with Crippen molar-refractivity contribution in [3.63, 3.8) is 0 Å². The van der Waals surface area contributed by atoms with Crippen LogP contribution < -0.4 is 5.32 Å². The fourth-order valence-corrected chi connectivity index (χ4v) is 4.09. The summed E-state index contributed by atoms with van der Waals surface area (Å²) in [6.45, 7) is 0.401. The molecule has 0 spiro atoms. The fourth-order valence-electron chi connectivity index (χ4n) is 3.37. The largest absolute Gasteiger partial charge is 0.352 e. The Labute approximate surface area is 177 Å². The molecule has 0 unspecified atom stereocenters. The molecule has 0 bridgehead atoms. The molecular formula is C23H19N5OS. The third-order valence-electron chi connectivity index (χ3n) is 4.82. The highest BCUT2D eigenvalue weighted by atomic mass is 32.1. The van der Waals surface area contributed by atoms with Gasteiger partial charge in [0.1, 0.15) is 0 Å². The molecule has 3 aromatic heterocycles. The molecule has 0 atom stereocenters. The number of fused-ring (bicyclic) bond motifs is 1. The molecule has 0 saturated heterocycles. The van der Waals surface area contributed by atoms with Crippen molar-refractivity contribution < 1.29 is 4.79 Å². The van der Waals surface area contributed by atoms with Crippen molar-refractivity contribution in [3.05, 3.63) is 95.9 Å². The number of imidazole rings is 1. The number of nitrogens with zero attached hydrogens (tertiary/aromatic N) is 4. The van der Waals surface area contributed by atoms with E-state index in [1.807, 2.05) is 93.7 Å². The topological polar surface area (TPSA) is 64.2 Å². The van der Waals surface area contributed by atoms with Gasteiger partial charge in [-0.15, -0.1) is 11.3 Å². The third-order valence-corrected chi connectivity index (χ3v) is 5.59. The van der Waals surface area contributed by atoms with Gasteiger partial charge in [0, 0.05) is 41.6 Å². The van der Waals surface area contributed by atoms with Crippen LogP contribution in [0.5, 0.6) is 0 Å². The molecule has 0 aliphatic heterocycles. The maximum Gasteiger partial charge on any atom is 0.226 e. The van der Waals surface area contributed by atoms with Crippen molar-refractivity contribution in [2.45, 2.75) is 13.0 Å². The van der Waals surface area contributed by atoms with Crippen molar-refractivity contribution in [1.29, 1.82) is 0 Å². The average Bonchev–Trinajstić information content (AvgIpc) is 3.48. The smallest absolute Gasteiger partial charge is 0.226 e. The Morgan fingerprint density at radius 2 is 1.77 bits per heavy atom. The van der Waals surface area contributed by atoms with E-state index in [4.69, 9.17) is 5.10 Å². The van der Waals surface area contributed by atoms with E-state index in [0.29, 0.717) is 6.54 Å². The minimum Gasteiger partial charge on any atom is -0.352 e. The van der Waals surface area contributed by atoms with Crippen LogP contribution in [0.1, 0.15) is 11.3 Å². The number of carbonyl (C=O) groups excluding carboxylic acids is 1. The molecular weight excluding hydrogens is 394 g/mol. The molecule has 0 radical (unpaired) electrons. The summed E-state index contributed by atoms with van der Waals surface area (Å²) in [5, 5.41) is 9.78. The van der Waals surface area contributed by atoms with Crippen LogP contribution in [0.3, 0.4) is 0 Å². The van der Waals surface area contributed by atoms with E-state index in [-0.39, 0.29) is 12.3 Å². The van der Waals surface area contributed by atoms with E-state index in [9.17, 15) is 4.79 Å². The monoisotopic (exact) mass is 413 g/mol. The second-order valence-corrected chi connectivity index (χ2v) is 7.80. The molecule has 6 nitrogen and oxygen atoms in total. The van der Waals surface area contributed by atoms with E-state index in [1.54, 1.807) is 11.3 Å². The van der Waals surface area contributed by atoms with Crippen LogP contribution in [0.4, 0.5) is 0 Å². The molecule has 0 aliphatic rings. The average molecular weight is 414 g/mol. The maximum absolute atomic E-state index is 12.5. The summed E-state index contributed by atoms with van der Waals surface area (Å²) in [4.78, 5) is 17.9. The number of benzene rings is 2. The molecule has 5 aromatic rings. The van der Waals surface area contributed by atoms with Crippen LogP contribution in [-0.2, 0) is 17.8 Å². The summed E-state index contributed by atoms with van der Waals surface area (Å²) in [6, 6.07) is 20.0. The molecule has 0 fully saturated rings. The highest BCUT2D eigenvalue weighted by molar-refractivity contribution is 7.15. The zero-order chi connectivity index (χ0) is 20.3. The minimum absolute atomic E-state index is 0.0628. The van der Waals surface area contributed by atoms with Crippen LogP contribution in [0.2, 0.25) is 0 Å². The van der Waals surface area contributed by atoms with Crippen molar-refractivity contribution in [1.82, 2.24) is 24.5 Å². The number of carbonyl (C=O) groups is 1. The molecule has 0 aliphatic carbocycles. The second-order valence-electron chi connectivity index (χ2n) is 6.93. The Bertz CT molecular complexity index is 1260. The van der Waals surface area contributed by atoms with Gasteiger partial charge in [0.05, 0.1) is 23.5 Å². The van der Waals surface area contributed by atoms with Crippen LogP contribution in [-0.4, -0.2) is 25.1 Å². The first-order valence-electron chi connectivity index (χ1n) is 9.63. The van der Waals surface area contributed by atoms with Gasteiger partial charge in [0.15, 0.2) is 4.96 Å². The van der Waals surface area contributed by atoms with Gasteiger partial charge in [-0.3, -0.25) is 9.20 Å². The van der Waals surface area contributed by atoms with Gasteiger partial charge < -0.3 is 5.32 Å². The Balaban J connectivity index is 1.36. The van der Waals surface area contributed by atoms with Gasteiger partial charge in [-0.05, 0) is 12.1 Å². The lowest BCUT2D eigenvalue weighted by Crippen LogP contribution is -2.24. The highest BCUT2D eigenvalue weighted by Crippen LogP contribution is 2.23. The number of hydrogen-bond acceptors (Lipinski definition) is 4. The lowest BCUT2D eigenvalue weighted by atomic mass is 10.1. The zero-order valence-corrected chi connectivity index (χ0v) is 16.9. The molecule has 5 rings (SSSR count). The number of thiazole rings is 1. The van der Waals surface area contributed by atoms with Gasteiger partial charge in [-0.1, -0.05) is 48.5 Å². The number of nitrogens with one attached hydrogen (secondary N) is 1. The predicted octanol–water partition coefficient (Wildman–Crippen LogP) is 4.11. The van der Waals surface area contributed by atoms with Crippen molar-refractivity contribution in [3.8, 4) is 16.9 Å². The molecule has 30 heavy (non-hydrogen) atoms. The summed E-state index contributed by atoms with van der Waals surface area (Å²) >= 11 is 1.55. The normalized spacial score (nSPS) is 11.1. The molecule has 3 heterocycles. The quantitative estimate of drug-likeness (QED) is 0.456. The number of rotatable bonds is 6. The molecule has 2 aromatic carbocycles. The summed E-state index contributed by atoms with van der Waals surface area (Å²) in [6.07, 6.45) is 6.07. The van der Waals surface area contributed by atoms with Crippen LogP contribution >= 0.6 is 11.3 Å². The number of hydrogen-bond donors (Lipinski definition) is 1. The molecule has 0 saturated carbocycles. The fraction of sp³-hybridized carbons (Fsp3) is 0.0870. The Morgan fingerprint density at radius 1 is 1.00 bits per heavy atom. The summed E-state index contributed by atoms with van der Waals surface area (Å²) in [5.41, 5.74) is 4.59. The Morgan fingerprint density at radius 3 is 2.53 bits per heavy atom. The first-order valence-corrected chi connectivity index (χ1v) is 10.5. The third kappa shape index (κ3) is 3.75. The Hall–Kier alpha value is -3.71. The van der Waals surface area contributed by atoms with Crippen molar-refractivity contribution in [2.24, 2.45) is 0 Å². The number of para-hydroxylation sites is 1. The van der Waals surface area contributed by atoms with Crippen molar-refractivity contribution >= 4 is 22.2 Å². The second kappa shape index (κ2) is 7.96. The summed E-state index contributed by atoms with van der Waals surface area (Å²) < 4.78 is 3.79. The number of amides is 1.